The highest BCUT2D eigenvalue weighted by molar-refractivity contribution is 7.89. The van der Waals surface area contributed by atoms with Crippen LogP contribution in [0.15, 0.2) is 132 Å². The van der Waals surface area contributed by atoms with Crippen molar-refractivity contribution in [1.82, 2.24) is 19.2 Å². The molecule has 6 aromatic rings. The Kier molecular flexibility index (Phi) is 9.80. The van der Waals surface area contributed by atoms with Crippen molar-refractivity contribution in [2.24, 2.45) is 0 Å². The number of carbonyl (C=O) groups excluding carboxylic acids is 1. The summed E-state index contributed by atoms with van der Waals surface area (Å²) in [6, 6.07) is 27.5. The van der Waals surface area contributed by atoms with E-state index in [0.29, 0.717) is 58.9 Å². The first-order valence-corrected chi connectivity index (χ1v) is 19.6. The number of rotatable bonds is 10. The predicted molar refractivity (Wildman–Crippen MR) is 200 cm³/mol. The molecular weight excluding hydrogens is 713 g/mol. The number of nitriles is 1. The van der Waals surface area contributed by atoms with Gasteiger partial charge in [0.05, 0.1) is 16.5 Å². The van der Waals surface area contributed by atoms with Crippen LogP contribution < -0.4 is 9.08 Å². The molecule has 0 N–H and O–H groups in total. The molecule has 1 aliphatic heterocycles. The van der Waals surface area contributed by atoms with Gasteiger partial charge in [-0.3, -0.25) is 14.8 Å². The van der Waals surface area contributed by atoms with Gasteiger partial charge in [0, 0.05) is 85.2 Å². The minimum absolute atomic E-state index is 0.00228. The molecule has 3 heterocycles. The van der Waals surface area contributed by atoms with Crippen molar-refractivity contribution < 1.29 is 25.8 Å². The third-order valence-electron chi connectivity index (χ3n) is 9.44. The molecule has 1 amide bonds. The van der Waals surface area contributed by atoms with Crippen LogP contribution in [0, 0.1) is 11.3 Å². The molecule has 1 fully saturated rings. The summed E-state index contributed by atoms with van der Waals surface area (Å²) in [4.78, 5) is 26.4. The maximum atomic E-state index is 14.4. The molecular formula is C39H34N6O6S2. The number of benzene rings is 4. The molecule has 0 bridgehead atoms. The van der Waals surface area contributed by atoms with Gasteiger partial charge in [0.25, 0.3) is 0 Å². The van der Waals surface area contributed by atoms with Crippen molar-refractivity contribution in [3.8, 4) is 11.8 Å². The molecule has 0 aliphatic carbocycles. The third kappa shape index (κ3) is 7.27. The molecule has 0 unspecified atom stereocenters. The van der Waals surface area contributed by atoms with E-state index in [0.717, 1.165) is 9.99 Å². The van der Waals surface area contributed by atoms with Crippen LogP contribution in [0.4, 0.5) is 5.69 Å². The van der Waals surface area contributed by atoms with Gasteiger partial charge in [0.15, 0.2) is 0 Å². The molecule has 1 atom stereocenters. The Morgan fingerprint density at radius 1 is 0.792 bits per heavy atom. The van der Waals surface area contributed by atoms with E-state index in [2.05, 4.69) is 20.9 Å². The van der Waals surface area contributed by atoms with Gasteiger partial charge in [0.1, 0.15) is 16.7 Å². The molecule has 7 rings (SSSR count). The Hall–Kier alpha value is -5.88. The number of nitrogens with zero attached hydrogens (tertiary/aromatic N) is 6. The van der Waals surface area contributed by atoms with E-state index in [4.69, 9.17) is 9.44 Å². The monoisotopic (exact) mass is 746 g/mol. The number of likely N-dealkylation sites (N-methyl/N-ethyl adjacent to an activating group) is 1. The standard InChI is InChI=1S/C39H34N6O6S2/c1-43(52(47,48)37-6-2-4-30-26-41-18-16-34(30)37)36(39(46)45-22-20-44(21-23-45)32-12-8-29(25-40)9-13-32)24-28-10-14-33(15-11-28)51-53(49,50)38-7-3-5-31-27-42-19-17-35(31)38/h2-19,26-27,36H,20-24H2,1H3/t36-/m0/s1. The Labute approximate surface area is 307 Å². The summed E-state index contributed by atoms with van der Waals surface area (Å²) in [7, 11) is -7.00. The van der Waals surface area contributed by atoms with Crippen LogP contribution in [0.25, 0.3) is 21.5 Å². The van der Waals surface area contributed by atoms with Gasteiger partial charge in [0.2, 0.25) is 15.9 Å². The van der Waals surface area contributed by atoms with Crippen molar-refractivity contribution in [2.45, 2.75) is 22.3 Å². The summed E-state index contributed by atoms with van der Waals surface area (Å²) < 4.78 is 61.9. The maximum Gasteiger partial charge on any atom is 0.339 e. The van der Waals surface area contributed by atoms with Crippen LogP contribution in [-0.4, -0.2) is 81.2 Å². The van der Waals surface area contributed by atoms with Crippen molar-refractivity contribution >= 4 is 53.3 Å². The van der Waals surface area contributed by atoms with Gasteiger partial charge in [-0.2, -0.15) is 18.0 Å². The fourth-order valence-corrected chi connectivity index (χ4v) is 9.22. The average Bonchev–Trinajstić information content (AvgIpc) is 3.19. The number of hydrogen-bond donors (Lipinski definition) is 0. The van der Waals surface area contributed by atoms with E-state index in [-0.39, 0.29) is 27.9 Å². The number of pyridine rings is 2. The van der Waals surface area contributed by atoms with Crippen LogP contribution in [0.5, 0.6) is 5.75 Å². The predicted octanol–water partition coefficient (Wildman–Crippen LogP) is 5.00. The van der Waals surface area contributed by atoms with Crippen LogP contribution in [0.1, 0.15) is 11.1 Å². The smallest absolute Gasteiger partial charge is 0.339 e. The lowest BCUT2D eigenvalue weighted by Gasteiger charge is -2.39. The molecule has 2 aromatic heterocycles. The van der Waals surface area contributed by atoms with Crippen molar-refractivity contribution in [1.29, 1.82) is 5.26 Å². The zero-order chi connectivity index (χ0) is 37.2. The lowest BCUT2D eigenvalue weighted by atomic mass is 10.0. The second-order valence-electron chi connectivity index (χ2n) is 12.6. The highest BCUT2D eigenvalue weighted by Crippen LogP contribution is 2.29. The Morgan fingerprint density at radius 2 is 1.38 bits per heavy atom. The number of carbonyl (C=O) groups is 1. The van der Waals surface area contributed by atoms with Crippen LogP contribution in [-0.2, 0) is 31.4 Å². The number of fused-ring (bicyclic) bond motifs is 2. The lowest BCUT2D eigenvalue weighted by molar-refractivity contribution is -0.135. The van der Waals surface area contributed by atoms with Gasteiger partial charge in [-0.15, -0.1) is 0 Å². The maximum absolute atomic E-state index is 14.4. The van der Waals surface area contributed by atoms with E-state index in [1.807, 2.05) is 12.1 Å². The number of sulfonamides is 1. The number of aromatic nitrogens is 2. The number of amides is 1. The Balaban J connectivity index is 1.15. The van der Waals surface area contributed by atoms with Gasteiger partial charge in [-0.1, -0.05) is 36.4 Å². The summed E-state index contributed by atoms with van der Waals surface area (Å²) in [6.45, 7) is 1.76. The summed E-state index contributed by atoms with van der Waals surface area (Å²) >= 11 is 0. The highest BCUT2D eigenvalue weighted by Gasteiger charge is 2.37. The van der Waals surface area contributed by atoms with Gasteiger partial charge >= 0.3 is 10.1 Å². The minimum Gasteiger partial charge on any atom is -0.379 e. The van der Waals surface area contributed by atoms with E-state index < -0.39 is 26.2 Å². The van der Waals surface area contributed by atoms with Crippen molar-refractivity contribution in [3.63, 3.8) is 0 Å². The molecule has 0 saturated carbocycles. The molecule has 14 heteroatoms. The van der Waals surface area contributed by atoms with E-state index in [1.165, 1.54) is 43.7 Å². The molecule has 53 heavy (non-hydrogen) atoms. The van der Waals surface area contributed by atoms with E-state index in [1.54, 1.807) is 78.0 Å². The molecule has 0 radical (unpaired) electrons. The minimum atomic E-state index is -4.21. The molecule has 4 aromatic carbocycles. The molecule has 1 saturated heterocycles. The van der Waals surface area contributed by atoms with Crippen LogP contribution in [0.3, 0.4) is 0 Å². The number of hydrogen-bond acceptors (Lipinski definition) is 10. The summed E-state index contributed by atoms with van der Waals surface area (Å²) in [5.41, 5.74) is 2.09. The second kappa shape index (κ2) is 14.6. The average molecular weight is 747 g/mol. The first-order valence-electron chi connectivity index (χ1n) is 16.8. The van der Waals surface area contributed by atoms with E-state index >= 15 is 0 Å². The topological polar surface area (TPSA) is 154 Å². The molecule has 1 aliphatic rings. The lowest BCUT2D eigenvalue weighted by Crippen LogP contribution is -2.56. The third-order valence-corrected chi connectivity index (χ3v) is 12.7. The first kappa shape index (κ1) is 35.5. The summed E-state index contributed by atoms with van der Waals surface area (Å²) in [5.74, 6) is -0.294. The van der Waals surface area contributed by atoms with Gasteiger partial charge in [-0.05, 0) is 72.6 Å². The first-order chi connectivity index (χ1) is 25.5. The fourth-order valence-electron chi connectivity index (χ4n) is 6.54. The Bertz CT molecular complexity index is 2560. The largest absolute Gasteiger partial charge is 0.379 e. The Morgan fingerprint density at radius 3 is 1.98 bits per heavy atom. The van der Waals surface area contributed by atoms with Crippen LogP contribution >= 0.6 is 0 Å². The normalized spacial score (nSPS) is 14.3. The fraction of sp³-hybridized carbons (Fsp3) is 0.179. The molecule has 268 valence electrons. The molecule has 0 spiro atoms. The highest BCUT2D eigenvalue weighted by atomic mass is 32.2. The number of piperazine rings is 1. The zero-order valence-electron chi connectivity index (χ0n) is 28.6. The summed E-state index contributed by atoms with van der Waals surface area (Å²) in [6.07, 6.45) is 6.22. The van der Waals surface area contributed by atoms with Gasteiger partial charge < -0.3 is 14.0 Å². The van der Waals surface area contributed by atoms with Gasteiger partial charge in [-0.25, -0.2) is 8.42 Å². The summed E-state index contributed by atoms with van der Waals surface area (Å²) in [5, 5.41) is 11.4. The zero-order valence-corrected chi connectivity index (χ0v) is 30.2. The quantitative estimate of drug-likeness (QED) is 0.175. The second-order valence-corrected chi connectivity index (χ2v) is 16.1. The molecule has 12 nitrogen and oxygen atoms in total. The van der Waals surface area contributed by atoms with Crippen molar-refractivity contribution in [3.05, 3.63) is 133 Å². The van der Waals surface area contributed by atoms with E-state index in [9.17, 15) is 21.6 Å². The number of anilines is 1. The SMILES string of the molecule is CN([C@@H](Cc1ccc(OS(=O)(=O)c2cccc3cnccc23)cc1)C(=O)N1CCN(c2ccc(C#N)cc2)CC1)S(=O)(=O)c1cccc2cnccc12. The van der Waals surface area contributed by atoms with Crippen molar-refractivity contribution in [2.75, 3.05) is 38.1 Å². The van der Waals surface area contributed by atoms with Crippen LogP contribution in [0.2, 0.25) is 0 Å².